The second-order valence-corrected chi connectivity index (χ2v) is 4.82. The molecule has 2 aliphatic rings. The molecule has 0 atom stereocenters. The smallest absolute Gasteiger partial charge is 0.268 e. The van der Waals surface area contributed by atoms with Gasteiger partial charge in [0.1, 0.15) is 5.69 Å². The van der Waals surface area contributed by atoms with Crippen molar-refractivity contribution in [3.05, 3.63) is 16.2 Å². The number of carbonyl (C=O) groups excluding carboxylic acids is 1. The zero-order valence-electron chi connectivity index (χ0n) is 8.13. The molecule has 4 nitrogen and oxygen atoms in total. The van der Waals surface area contributed by atoms with E-state index in [0.717, 1.165) is 22.9 Å². The summed E-state index contributed by atoms with van der Waals surface area (Å²) in [5.41, 5.74) is 1.02. The fourth-order valence-corrected chi connectivity index (χ4v) is 1.98. The number of hydrogen-bond donors (Lipinski definition) is 1. The first kappa shape index (κ1) is 9.15. The quantitative estimate of drug-likeness (QED) is 0.783. The lowest BCUT2D eigenvalue weighted by molar-refractivity contribution is -0.125. The Bertz CT molecular complexity index is 469. The molecule has 0 radical (unpaired) electrons. The van der Waals surface area contributed by atoms with Crippen LogP contribution in [0.4, 0.5) is 5.69 Å². The van der Waals surface area contributed by atoms with Crippen LogP contribution in [-0.2, 0) is 4.79 Å². The molecule has 2 heterocycles. The van der Waals surface area contributed by atoms with E-state index in [1.165, 1.54) is 0 Å². The van der Waals surface area contributed by atoms with E-state index in [-0.39, 0.29) is 5.91 Å². The fourth-order valence-electron chi connectivity index (χ4n) is 1.68. The molecule has 1 aromatic rings. The van der Waals surface area contributed by atoms with E-state index in [1.54, 1.807) is 6.20 Å². The molecule has 1 fully saturated rings. The first-order chi connectivity index (χ1) is 7.12. The molecule has 1 saturated carbocycles. The van der Waals surface area contributed by atoms with E-state index >= 15 is 0 Å². The van der Waals surface area contributed by atoms with Crippen LogP contribution in [0.3, 0.4) is 0 Å². The van der Waals surface area contributed by atoms with Crippen LogP contribution in [0.2, 0.25) is 0 Å². The number of aromatic nitrogens is 1. The van der Waals surface area contributed by atoms with Gasteiger partial charge in [0.2, 0.25) is 5.88 Å². The van der Waals surface area contributed by atoms with Gasteiger partial charge in [-0.25, -0.2) is 4.98 Å². The summed E-state index contributed by atoms with van der Waals surface area (Å²) >= 11 is 3.37. The molecule has 5 heteroatoms. The van der Waals surface area contributed by atoms with E-state index in [4.69, 9.17) is 4.74 Å². The van der Waals surface area contributed by atoms with Crippen molar-refractivity contribution in [1.29, 1.82) is 0 Å². The molecule has 0 aromatic carbocycles. The topological polar surface area (TPSA) is 51.2 Å². The van der Waals surface area contributed by atoms with Gasteiger partial charge in [0.15, 0.2) is 5.60 Å². The molecule has 0 bridgehead atoms. The summed E-state index contributed by atoms with van der Waals surface area (Å²) in [6.07, 6.45) is 3.27. The number of amides is 1. The third kappa shape index (κ3) is 1.19. The molecule has 1 spiro atoms. The Hall–Kier alpha value is -1.10. The summed E-state index contributed by atoms with van der Waals surface area (Å²) in [6, 6.07) is 0. The molecule has 1 aliphatic carbocycles. The monoisotopic (exact) mass is 268 g/mol. The summed E-state index contributed by atoms with van der Waals surface area (Å²) in [4.78, 5) is 15.9. The molecule has 3 rings (SSSR count). The van der Waals surface area contributed by atoms with E-state index in [0.29, 0.717) is 11.6 Å². The average molecular weight is 269 g/mol. The van der Waals surface area contributed by atoms with Crippen molar-refractivity contribution < 1.29 is 9.53 Å². The van der Waals surface area contributed by atoms with E-state index in [2.05, 4.69) is 26.2 Å². The predicted octanol–water partition coefficient (Wildman–Crippen LogP) is 2.02. The Balaban J connectivity index is 2.12. The Morgan fingerprint density at radius 3 is 3.00 bits per heavy atom. The molecular weight excluding hydrogens is 260 g/mol. The van der Waals surface area contributed by atoms with Gasteiger partial charge in [-0.2, -0.15) is 0 Å². The van der Waals surface area contributed by atoms with Gasteiger partial charge < -0.3 is 10.1 Å². The molecule has 15 heavy (non-hydrogen) atoms. The molecule has 1 aliphatic heterocycles. The molecular formula is C10H9BrN2O2. The number of pyridine rings is 1. The summed E-state index contributed by atoms with van der Waals surface area (Å²) in [5.74, 6) is 0.491. The number of fused-ring (bicyclic) bond motifs is 1. The Kier molecular flexibility index (Phi) is 1.66. The van der Waals surface area contributed by atoms with Crippen LogP contribution >= 0.6 is 15.9 Å². The fraction of sp³-hybridized carbons (Fsp3) is 0.400. The average Bonchev–Trinajstić information content (AvgIpc) is 2.97. The zero-order chi connectivity index (χ0) is 10.6. The number of hydrogen-bond acceptors (Lipinski definition) is 3. The number of halogens is 1. The summed E-state index contributed by atoms with van der Waals surface area (Å²) in [5, 5.41) is 2.87. The minimum absolute atomic E-state index is 0.0435. The Morgan fingerprint density at radius 1 is 1.60 bits per heavy atom. The van der Waals surface area contributed by atoms with Gasteiger partial charge in [-0.3, -0.25) is 4.79 Å². The van der Waals surface area contributed by atoms with E-state index in [9.17, 15) is 4.79 Å². The van der Waals surface area contributed by atoms with Gasteiger partial charge in [-0.05, 0) is 28.4 Å². The van der Waals surface area contributed by atoms with E-state index < -0.39 is 5.60 Å². The van der Waals surface area contributed by atoms with Crippen molar-refractivity contribution in [2.75, 3.05) is 5.32 Å². The number of anilines is 1. The second kappa shape index (κ2) is 2.72. The van der Waals surface area contributed by atoms with Crippen molar-refractivity contribution in [2.45, 2.75) is 25.4 Å². The summed E-state index contributed by atoms with van der Waals surface area (Å²) in [6.45, 7) is 1.92. The zero-order valence-corrected chi connectivity index (χ0v) is 9.72. The van der Waals surface area contributed by atoms with Crippen molar-refractivity contribution in [3.63, 3.8) is 0 Å². The normalized spacial score (nSPS) is 20.5. The minimum atomic E-state index is -0.611. The maximum atomic E-state index is 11.7. The lowest BCUT2D eigenvalue weighted by atomic mass is 10.2. The second-order valence-electron chi connectivity index (χ2n) is 3.96. The minimum Gasteiger partial charge on any atom is -0.459 e. The highest BCUT2D eigenvalue weighted by Crippen LogP contribution is 2.47. The first-order valence-corrected chi connectivity index (χ1v) is 5.57. The molecule has 1 N–H and O–H groups in total. The van der Waals surface area contributed by atoms with Crippen molar-refractivity contribution in [1.82, 2.24) is 4.98 Å². The third-order valence-corrected chi connectivity index (χ3v) is 3.69. The standard InChI is InChI=1S/C10H9BrN2O2/c1-5-6(11)4-12-8-7(5)13-9(14)10(15-8)2-3-10/h4H,2-3H2,1H3,(H,13,14). The summed E-state index contributed by atoms with van der Waals surface area (Å²) < 4.78 is 6.51. The molecule has 0 unspecified atom stereocenters. The van der Waals surface area contributed by atoms with Crippen LogP contribution in [0, 0.1) is 6.92 Å². The van der Waals surface area contributed by atoms with Gasteiger partial charge in [-0.15, -0.1) is 0 Å². The predicted molar refractivity (Wildman–Crippen MR) is 57.9 cm³/mol. The van der Waals surface area contributed by atoms with Crippen molar-refractivity contribution in [3.8, 4) is 5.88 Å². The Morgan fingerprint density at radius 2 is 2.33 bits per heavy atom. The van der Waals surface area contributed by atoms with Gasteiger partial charge in [0, 0.05) is 23.5 Å². The van der Waals surface area contributed by atoms with Crippen LogP contribution in [0.25, 0.3) is 0 Å². The van der Waals surface area contributed by atoms with Crippen LogP contribution in [0.1, 0.15) is 18.4 Å². The van der Waals surface area contributed by atoms with Crippen LogP contribution in [0.5, 0.6) is 5.88 Å². The summed E-state index contributed by atoms with van der Waals surface area (Å²) in [7, 11) is 0. The van der Waals surface area contributed by atoms with Crippen LogP contribution in [0.15, 0.2) is 10.7 Å². The lowest BCUT2D eigenvalue weighted by Crippen LogP contribution is -2.39. The maximum absolute atomic E-state index is 11.7. The van der Waals surface area contributed by atoms with Gasteiger partial charge in [0.05, 0.1) is 0 Å². The van der Waals surface area contributed by atoms with Gasteiger partial charge in [0.25, 0.3) is 5.91 Å². The number of nitrogens with one attached hydrogen (secondary N) is 1. The maximum Gasteiger partial charge on any atom is 0.268 e. The Labute approximate surface area is 95.2 Å². The number of carbonyl (C=O) groups is 1. The number of rotatable bonds is 0. The van der Waals surface area contributed by atoms with Gasteiger partial charge in [-0.1, -0.05) is 0 Å². The van der Waals surface area contributed by atoms with Crippen molar-refractivity contribution >= 4 is 27.5 Å². The number of nitrogens with zero attached hydrogens (tertiary/aromatic N) is 1. The molecule has 0 saturated heterocycles. The number of ether oxygens (including phenoxy) is 1. The van der Waals surface area contributed by atoms with Crippen molar-refractivity contribution in [2.24, 2.45) is 0 Å². The van der Waals surface area contributed by atoms with Crippen LogP contribution in [-0.4, -0.2) is 16.5 Å². The largest absolute Gasteiger partial charge is 0.459 e. The first-order valence-electron chi connectivity index (χ1n) is 4.78. The molecule has 1 aromatic heterocycles. The van der Waals surface area contributed by atoms with E-state index in [1.807, 2.05) is 6.92 Å². The van der Waals surface area contributed by atoms with Gasteiger partial charge >= 0.3 is 0 Å². The van der Waals surface area contributed by atoms with Crippen LogP contribution < -0.4 is 10.1 Å². The lowest BCUT2D eigenvalue weighted by Gasteiger charge is -2.25. The highest BCUT2D eigenvalue weighted by Gasteiger charge is 2.56. The molecule has 1 amide bonds. The third-order valence-electron chi connectivity index (χ3n) is 2.89. The highest BCUT2D eigenvalue weighted by molar-refractivity contribution is 9.10. The molecule has 78 valence electrons. The SMILES string of the molecule is Cc1c(Br)cnc2c1NC(=O)C1(CC1)O2. The highest BCUT2D eigenvalue weighted by atomic mass is 79.9.